The molecule has 2 heterocycles. The number of hydrogen-bond donors (Lipinski definition) is 0. The molecule has 0 spiro atoms. The zero-order valence-corrected chi connectivity index (χ0v) is 18.5. The van der Waals surface area contributed by atoms with E-state index in [1.54, 1.807) is 16.3 Å². The van der Waals surface area contributed by atoms with E-state index in [-0.39, 0.29) is 5.56 Å². The number of nitrogens with zero attached hydrogens (tertiary/aromatic N) is 4. The highest BCUT2D eigenvalue weighted by molar-refractivity contribution is 7.99. The molecule has 0 aliphatic carbocycles. The second kappa shape index (κ2) is 8.88. The molecule has 0 atom stereocenters. The molecule has 6 nitrogen and oxygen atoms in total. The molecule has 0 unspecified atom stereocenters. The van der Waals surface area contributed by atoms with E-state index >= 15 is 0 Å². The summed E-state index contributed by atoms with van der Waals surface area (Å²) in [5.74, 6) is 2.22. The molecule has 5 aromatic rings. The fourth-order valence-corrected chi connectivity index (χ4v) is 4.59. The van der Waals surface area contributed by atoms with E-state index in [4.69, 9.17) is 4.74 Å². The van der Waals surface area contributed by atoms with E-state index in [0.29, 0.717) is 17.8 Å². The van der Waals surface area contributed by atoms with Crippen LogP contribution >= 0.6 is 11.8 Å². The Labute approximate surface area is 189 Å². The summed E-state index contributed by atoms with van der Waals surface area (Å²) in [7, 11) is 0. The first-order chi connectivity index (χ1) is 15.7. The minimum Gasteiger partial charge on any atom is -0.494 e. The number of rotatable bonds is 7. The van der Waals surface area contributed by atoms with Crippen LogP contribution in [0.15, 0.2) is 88.8 Å². The van der Waals surface area contributed by atoms with Crippen molar-refractivity contribution in [1.29, 1.82) is 0 Å². The van der Waals surface area contributed by atoms with Crippen LogP contribution in [0.2, 0.25) is 0 Å². The molecule has 0 aliphatic rings. The van der Waals surface area contributed by atoms with Crippen LogP contribution in [-0.2, 0) is 0 Å². The molecule has 5 rings (SSSR count). The molecule has 7 heteroatoms. The van der Waals surface area contributed by atoms with Crippen molar-refractivity contribution < 1.29 is 4.74 Å². The van der Waals surface area contributed by atoms with Gasteiger partial charge in [0.2, 0.25) is 5.78 Å². The van der Waals surface area contributed by atoms with Crippen LogP contribution in [-0.4, -0.2) is 31.5 Å². The average molecular weight is 443 g/mol. The van der Waals surface area contributed by atoms with Crippen LogP contribution in [0.3, 0.4) is 0 Å². The second-order valence-corrected chi connectivity index (χ2v) is 8.49. The largest absolute Gasteiger partial charge is 0.494 e. The molecule has 2 aromatic heterocycles. The summed E-state index contributed by atoms with van der Waals surface area (Å²) >= 11 is 1.61. The number of fused-ring (bicyclic) bond motifs is 3. The molecule has 0 fully saturated rings. The lowest BCUT2D eigenvalue weighted by atomic mass is 10.2. The molecule has 3 aromatic carbocycles. The van der Waals surface area contributed by atoms with Crippen LogP contribution in [0.4, 0.5) is 0 Å². The highest BCUT2D eigenvalue weighted by Gasteiger charge is 2.18. The van der Waals surface area contributed by atoms with Crippen molar-refractivity contribution in [2.75, 3.05) is 12.4 Å². The van der Waals surface area contributed by atoms with Gasteiger partial charge < -0.3 is 4.74 Å². The molecule has 0 aliphatic heterocycles. The molecule has 0 saturated heterocycles. The predicted molar refractivity (Wildman–Crippen MR) is 128 cm³/mol. The molecule has 0 radical (unpaired) electrons. The molecule has 0 bridgehead atoms. The summed E-state index contributed by atoms with van der Waals surface area (Å²) in [6.07, 6.45) is 0.865. The summed E-state index contributed by atoms with van der Waals surface area (Å²) < 4.78 is 9.43. The van der Waals surface area contributed by atoms with Crippen LogP contribution in [0.25, 0.3) is 22.4 Å². The minimum atomic E-state index is -0.0948. The number of para-hydroxylation sites is 3. The maximum atomic E-state index is 13.4. The van der Waals surface area contributed by atoms with Gasteiger partial charge in [-0.15, -0.1) is 10.2 Å². The number of aryl methyl sites for hydroxylation is 1. The van der Waals surface area contributed by atoms with Gasteiger partial charge in [0.25, 0.3) is 5.56 Å². The maximum Gasteiger partial charge on any atom is 0.267 e. The van der Waals surface area contributed by atoms with Crippen LogP contribution in [0.1, 0.15) is 12.0 Å². The van der Waals surface area contributed by atoms with Crippen molar-refractivity contribution in [3.05, 3.63) is 94.8 Å². The predicted octanol–water partition coefficient (Wildman–Crippen LogP) is 4.90. The van der Waals surface area contributed by atoms with E-state index in [0.717, 1.165) is 39.8 Å². The second-order valence-electron chi connectivity index (χ2n) is 7.43. The quantitative estimate of drug-likeness (QED) is 0.265. The molecule has 160 valence electrons. The van der Waals surface area contributed by atoms with Crippen molar-refractivity contribution >= 4 is 28.4 Å². The normalized spacial score (nSPS) is 11.3. The van der Waals surface area contributed by atoms with Gasteiger partial charge in [0.05, 0.1) is 23.2 Å². The first-order valence-electron chi connectivity index (χ1n) is 10.5. The summed E-state index contributed by atoms with van der Waals surface area (Å²) in [6, 6.07) is 25.2. The number of benzene rings is 3. The molecular weight excluding hydrogens is 420 g/mol. The third-order valence-corrected chi connectivity index (χ3v) is 6.30. The molecule has 0 N–H and O–H groups in total. The van der Waals surface area contributed by atoms with Gasteiger partial charge in [-0.3, -0.25) is 9.20 Å². The van der Waals surface area contributed by atoms with Gasteiger partial charge in [0.15, 0.2) is 5.16 Å². The fraction of sp³-hybridized carbons (Fsp3) is 0.160. The van der Waals surface area contributed by atoms with Crippen molar-refractivity contribution in [1.82, 2.24) is 19.2 Å². The Balaban J connectivity index is 1.49. The number of hydrogen-bond acceptors (Lipinski definition) is 5. The van der Waals surface area contributed by atoms with Gasteiger partial charge in [-0.2, -0.15) is 0 Å². The molecule has 0 saturated carbocycles. The fourth-order valence-electron chi connectivity index (χ4n) is 3.73. The van der Waals surface area contributed by atoms with E-state index in [1.165, 1.54) is 0 Å². The van der Waals surface area contributed by atoms with Gasteiger partial charge in [-0.1, -0.05) is 60.3 Å². The Bertz CT molecular complexity index is 1440. The molecule has 0 amide bonds. The Morgan fingerprint density at radius 3 is 2.50 bits per heavy atom. The van der Waals surface area contributed by atoms with Crippen LogP contribution < -0.4 is 10.3 Å². The topological polar surface area (TPSA) is 61.4 Å². The van der Waals surface area contributed by atoms with E-state index in [1.807, 2.05) is 90.2 Å². The Hall–Kier alpha value is -3.58. The average Bonchev–Trinajstić information content (AvgIpc) is 3.24. The van der Waals surface area contributed by atoms with Gasteiger partial charge in [-0.05, 0) is 49.2 Å². The zero-order chi connectivity index (χ0) is 21.9. The maximum absolute atomic E-state index is 13.4. The monoisotopic (exact) mass is 442 g/mol. The lowest BCUT2D eigenvalue weighted by molar-refractivity contribution is 0.318. The number of thioether (sulfide) groups is 1. The summed E-state index contributed by atoms with van der Waals surface area (Å²) in [5, 5.41) is 10.2. The highest BCUT2D eigenvalue weighted by atomic mass is 32.2. The zero-order valence-electron chi connectivity index (χ0n) is 17.6. The van der Waals surface area contributed by atoms with Gasteiger partial charge in [0.1, 0.15) is 5.75 Å². The lowest BCUT2D eigenvalue weighted by Gasteiger charge is -2.13. The van der Waals surface area contributed by atoms with E-state index in [2.05, 4.69) is 10.2 Å². The number of ether oxygens (including phenoxy) is 1. The summed E-state index contributed by atoms with van der Waals surface area (Å²) in [5.41, 5.74) is 2.53. The third kappa shape index (κ3) is 3.76. The van der Waals surface area contributed by atoms with E-state index < -0.39 is 0 Å². The standard InChI is InChI=1S/C25H22N4O2S/c1-18-10-5-7-14-21(18)28-23(30)20-13-6-8-15-22(20)29-24(28)26-27-25(29)32-17-9-16-31-19-11-3-2-4-12-19/h2-8,10-15H,9,16-17H2,1H3. The van der Waals surface area contributed by atoms with Gasteiger partial charge >= 0.3 is 0 Å². The third-order valence-electron chi connectivity index (χ3n) is 5.28. The Kier molecular flexibility index (Phi) is 5.64. The van der Waals surface area contributed by atoms with Crippen molar-refractivity contribution in [3.63, 3.8) is 0 Å². The van der Waals surface area contributed by atoms with E-state index in [9.17, 15) is 4.79 Å². The first kappa shape index (κ1) is 20.3. The number of aromatic nitrogens is 4. The van der Waals surface area contributed by atoms with Crippen molar-refractivity contribution in [3.8, 4) is 11.4 Å². The Morgan fingerprint density at radius 2 is 1.66 bits per heavy atom. The first-order valence-corrected chi connectivity index (χ1v) is 11.5. The van der Waals surface area contributed by atoms with Gasteiger partial charge in [0, 0.05) is 5.75 Å². The van der Waals surface area contributed by atoms with Crippen molar-refractivity contribution in [2.24, 2.45) is 0 Å². The van der Waals surface area contributed by atoms with Crippen LogP contribution in [0, 0.1) is 6.92 Å². The lowest BCUT2D eigenvalue weighted by Crippen LogP contribution is -2.22. The van der Waals surface area contributed by atoms with Crippen LogP contribution in [0.5, 0.6) is 5.75 Å². The van der Waals surface area contributed by atoms with Crippen molar-refractivity contribution in [2.45, 2.75) is 18.5 Å². The summed E-state index contributed by atoms with van der Waals surface area (Å²) in [4.78, 5) is 13.4. The summed E-state index contributed by atoms with van der Waals surface area (Å²) in [6.45, 7) is 2.62. The highest BCUT2D eigenvalue weighted by Crippen LogP contribution is 2.24. The van der Waals surface area contributed by atoms with Gasteiger partial charge in [-0.25, -0.2) is 4.57 Å². The Morgan fingerprint density at radius 1 is 0.906 bits per heavy atom. The minimum absolute atomic E-state index is 0.0948. The smallest absolute Gasteiger partial charge is 0.267 e. The molecular formula is C25H22N4O2S. The SMILES string of the molecule is Cc1ccccc1-n1c(=O)c2ccccc2n2c(SCCCOc3ccccc3)nnc12. The molecule has 32 heavy (non-hydrogen) atoms.